The van der Waals surface area contributed by atoms with Gasteiger partial charge in [-0.05, 0) is 29.8 Å². The molecule has 0 aliphatic carbocycles. The fourth-order valence-corrected chi connectivity index (χ4v) is 3.92. The van der Waals surface area contributed by atoms with E-state index in [1.165, 1.54) is 12.4 Å². The number of aliphatic hydroxyl groups is 3. The van der Waals surface area contributed by atoms with Gasteiger partial charge in [0, 0.05) is 18.0 Å². The average molecular weight is 510 g/mol. The number of carboxylic acid groups (broad SMARTS) is 1. The first-order valence-electron chi connectivity index (χ1n) is 10.6. The second-order valence-electron chi connectivity index (χ2n) is 8.06. The fraction of sp³-hybridized carbons (Fsp3) is 0.364. The molecule has 0 amide bonds. The lowest BCUT2D eigenvalue weighted by molar-refractivity contribution is -0.238. The standard InChI is InChI=1S/C22H21F3N4O7/c23-12-5-11(6-13(24)16(12)25)14-7-29(28-27-14)17-18(31)15(8-30)36-20(19(17)32)21(22(33)34)35-9-10-1-3-26-4-2-10/h1-7,15,17-21,30-32H,8-9H2,(H,33,34)/t15?,17-,18-,19?,20+,21-/m0/s1. The van der Waals surface area contributed by atoms with Crippen molar-refractivity contribution in [3.8, 4) is 11.3 Å². The minimum Gasteiger partial charge on any atom is -0.479 e. The van der Waals surface area contributed by atoms with Gasteiger partial charge in [0.15, 0.2) is 23.6 Å². The maximum absolute atomic E-state index is 13.7. The van der Waals surface area contributed by atoms with Crippen LogP contribution in [-0.2, 0) is 20.9 Å². The number of aliphatic hydroxyl groups excluding tert-OH is 3. The van der Waals surface area contributed by atoms with Gasteiger partial charge in [-0.25, -0.2) is 22.6 Å². The van der Waals surface area contributed by atoms with E-state index in [1.54, 1.807) is 12.1 Å². The average Bonchev–Trinajstić information content (AvgIpc) is 3.34. The Bertz CT molecular complexity index is 1190. The molecule has 0 spiro atoms. The highest BCUT2D eigenvalue weighted by atomic mass is 19.2. The molecule has 4 N–H and O–H groups in total. The lowest BCUT2D eigenvalue weighted by atomic mass is 9.90. The fourth-order valence-electron chi connectivity index (χ4n) is 3.92. The Morgan fingerprint density at radius 2 is 1.81 bits per heavy atom. The number of pyridine rings is 1. The largest absolute Gasteiger partial charge is 0.479 e. The first-order chi connectivity index (χ1) is 17.2. The van der Waals surface area contributed by atoms with Crippen LogP contribution in [0.15, 0.2) is 42.9 Å². The topological polar surface area (TPSA) is 160 Å². The van der Waals surface area contributed by atoms with E-state index >= 15 is 0 Å². The zero-order chi connectivity index (χ0) is 26.0. The third-order valence-electron chi connectivity index (χ3n) is 5.75. The Labute approximate surface area is 201 Å². The van der Waals surface area contributed by atoms with Crippen LogP contribution in [0, 0.1) is 17.5 Å². The number of benzene rings is 1. The van der Waals surface area contributed by atoms with Gasteiger partial charge in [0.2, 0.25) is 0 Å². The summed E-state index contributed by atoms with van der Waals surface area (Å²) in [5.41, 5.74) is 0.295. The van der Waals surface area contributed by atoms with E-state index in [9.17, 15) is 38.4 Å². The molecule has 11 nitrogen and oxygen atoms in total. The Kier molecular flexibility index (Phi) is 7.61. The zero-order valence-corrected chi connectivity index (χ0v) is 18.4. The van der Waals surface area contributed by atoms with Crippen molar-refractivity contribution in [2.24, 2.45) is 0 Å². The van der Waals surface area contributed by atoms with Crippen LogP contribution in [0.25, 0.3) is 11.3 Å². The van der Waals surface area contributed by atoms with E-state index in [-0.39, 0.29) is 17.9 Å². The van der Waals surface area contributed by atoms with Crippen molar-refractivity contribution in [3.05, 3.63) is 65.9 Å². The second-order valence-corrected chi connectivity index (χ2v) is 8.06. The molecule has 1 aromatic carbocycles. The minimum atomic E-state index is -1.74. The summed E-state index contributed by atoms with van der Waals surface area (Å²) in [6.07, 6.45) is -3.88. The number of halogens is 3. The molecular formula is C22H21F3N4O7. The van der Waals surface area contributed by atoms with Crippen LogP contribution in [0.1, 0.15) is 11.6 Å². The van der Waals surface area contributed by atoms with E-state index in [4.69, 9.17) is 9.47 Å². The van der Waals surface area contributed by atoms with Gasteiger partial charge in [-0.15, -0.1) is 5.10 Å². The molecule has 6 atom stereocenters. The molecule has 2 unspecified atom stereocenters. The monoisotopic (exact) mass is 510 g/mol. The number of hydrogen-bond acceptors (Lipinski definition) is 9. The Morgan fingerprint density at radius 3 is 2.42 bits per heavy atom. The van der Waals surface area contributed by atoms with Gasteiger partial charge < -0.3 is 29.9 Å². The van der Waals surface area contributed by atoms with E-state index in [2.05, 4.69) is 15.3 Å². The molecule has 1 aliphatic heterocycles. The lowest BCUT2D eigenvalue weighted by Gasteiger charge is -2.43. The van der Waals surface area contributed by atoms with Crippen LogP contribution in [-0.4, -0.2) is 83.5 Å². The van der Waals surface area contributed by atoms with Crippen molar-refractivity contribution < 1.29 is 47.9 Å². The van der Waals surface area contributed by atoms with Crippen LogP contribution in [0.5, 0.6) is 0 Å². The van der Waals surface area contributed by atoms with Crippen molar-refractivity contribution >= 4 is 5.97 Å². The number of nitrogens with zero attached hydrogens (tertiary/aromatic N) is 4. The van der Waals surface area contributed by atoms with Crippen molar-refractivity contribution in [2.75, 3.05) is 6.61 Å². The van der Waals surface area contributed by atoms with Crippen LogP contribution < -0.4 is 0 Å². The molecule has 1 fully saturated rings. The van der Waals surface area contributed by atoms with Gasteiger partial charge in [0.25, 0.3) is 0 Å². The summed E-state index contributed by atoms with van der Waals surface area (Å²) in [5, 5.41) is 48.7. The molecule has 1 aliphatic rings. The number of rotatable bonds is 8. The predicted octanol–water partition coefficient (Wildman–Crippen LogP) is 0.450. The lowest BCUT2D eigenvalue weighted by Crippen LogP contribution is -2.60. The summed E-state index contributed by atoms with van der Waals surface area (Å²) in [7, 11) is 0. The molecule has 4 rings (SSSR count). The molecule has 3 heterocycles. The zero-order valence-electron chi connectivity index (χ0n) is 18.4. The summed E-state index contributed by atoms with van der Waals surface area (Å²) in [6.45, 7) is -0.911. The molecular weight excluding hydrogens is 489 g/mol. The number of hydrogen-bond donors (Lipinski definition) is 4. The van der Waals surface area contributed by atoms with Crippen molar-refractivity contribution in [1.82, 2.24) is 20.0 Å². The van der Waals surface area contributed by atoms with Gasteiger partial charge in [0.1, 0.15) is 36.2 Å². The van der Waals surface area contributed by atoms with Gasteiger partial charge in [-0.2, -0.15) is 0 Å². The van der Waals surface area contributed by atoms with Crippen molar-refractivity contribution in [2.45, 2.75) is 43.2 Å². The highest BCUT2D eigenvalue weighted by Gasteiger charge is 2.50. The molecule has 14 heteroatoms. The predicted molar refractivity (Wildman–Crippen MR) is 113 cm³/mol. The third kappa shape index (κ3) is 5.08. The van der Waals surface area contributed by atoms with Crippen molar-refractivity contribution in [3.63, 3.8) is 0 Å². The highest BCUT2D eigenvalue weighted by molar-refractivity contribution is 5.73. The number of carbonyl (C=O) groups is 1. The molecule has 2 aromatic heterocycles. The first kappa shape index (κ1) is 25.7. The van der Waals surface area contributed by atoms with Crippen LogP contribution in [0.3, 0.4) is 0 Å². The number of ether oxygens (including phenoxy) is 2. The molecule has 0 bridgehead atoms. The van der Waals surface area contributed by atoms with E-state index < -0.39 is 66.6 Å². The van der Waals surface area contributed by atoms with Crippen LogP contribution in [0.4, 0.5) is 13.2 Å². The van der Waals surface area contributed by atoms with Gasteiger partial charge in [0.05, 0.1) is 19.4 Å². The smallest absolute Gasteiger partial charge is 0.335 e. The minimum absolute atomic E-state index is 0.125. The Balaban J connectivity index is 1.62. The maximum Gasteiger partial charge on any atom is 0.335 e. The number of carboxylic acids is 1. The molecule has 36 heavy (non-hydrogen) atoms. The molecule has 1 saturated heterocycles. The number of aliphatic carboxylic acids is 1. The van der Waals surface area contributed by atoms with E-state index in [1.807, 2.05) is 0 Å². The van der Waals surface area contributed by atoms with Gasteiger partial charge in [-0.3, -0.25) is 4.98 Å². The molecule has 192 valence electrons. The normalized spacial score (nSPS) is 25.0. The number of aromatic nitrogens is 4. The first-order valence-corrected chi connectivity index (χ1v) is 10.6. The second kappa shape index (κ2) is 10.7. The maximum atomic E-state index is 13.7. The molecule has 0 radical (unpaired) electrons. The van der Waals surface area contributed by atoms with Gasteiger partial charge in [-0.1, -0.05) is 5.21 Å². The summed E-state index contributed by atoms with van der Waals surface area (Å²) >= 11 is 0. The van der Waals surface area contributed by atoms with Crippen LogP contribution >= 0.6 is 0 Å². The third-order valence-corrected chi connectivity index (χ3v) is 5.75. The van der Waals surface area contributed by atoms with Gasteiger partial charge >= 0.3 is 5.97 Å². The quantitative estimate of drug-likeness (QED) is 0.313. The summed E-state index contributed by atoms with van der Waals surface area (Å²) in [5.74, 6) is -6.05. The van der Waals surface area contributed by atoms with E-state index in [0.717, 1.165) is 10.9 Å². The summed E-state index contributed by atoms with van der Waals surface area (Å²) in [4.78, 5) is 15.8. The summed E-state index contributed by atoms with van der Waals surface area (Å²) < 4.78 is 52.5. The van der Waals surface area contributed by atoms with E-state index in [0.29, 0.717) is 17.7 Å². The molecule has 3 aromatic rings. The Hall–Kier alpha value is -3.43. The Morgan fingerprint density at radius 1 is 1.14 bits per heavy atom. The highest BCUT2D eigenvalue weighted by Crippen LogP contribution is 2.33. The van der Waals surface area contributed by atoms with Crippen LogP contribution in [0.2, 0.25) is 0 Å². The SMILES string of the molecule is O=C(O)[C@@H](OCc1ccncc1)[C@@H]1OC(CO)[C@H](O)[C@H](n2cc(-c3cc(F)c(F)c(F)c3)nn2)C1O. The molecule has 0 saturated carbocycles. The van der Waals surface area contributed by atoms with Crippen molar-refractivity contribution in [1.29, 1.82) is 0 Å². The summed E-state index contributed by atoms with van der Waals surface area (Å²) in [6, 6.07) is 3.17.